The van der Waals surface area contributed by atoms with Crippen molar-refractivity contribution < 1.29 is 14.8 Å². The molecule has 1 rings (SSSR count). The number of thioether (sulfide) groups is 1. The standard InChI is InChI=1S/C11H14N2O4S/c1-7-8(3-2-4-10(7)13(16)17)5-18-6-9(12)11(14)15/h2-4,9H,5-6,12H2,1H3,(H,14,15)/t9-/m0/s1. The number of carbonyl (C=O) groups is 1. The summed E-state index contributed by atoms with van der Waals surface area (Å²) in [6.45, 7) is 1.69. The summed E-state index contributed by atoms with van der Waals surface area (Å²) in [5.74, 6) is -0.260. The first-order valence-corrected chi connectivity index (χ1v) is 6.38. The van der Waals surface area contributed by atoms with Crippen LogP contribution in [-0.4, -0.2) is 27.8 Å². The van der Waals surface area contributed by atoms with Gasteiger partial charge in [0.05, 0.1) is 4.92 Å². The van der Waals surface area contributed by atoms with Crippen LogP contribution in [0.1, 0.15) is 11.1 Å². The van der Waals surface area contributed by atoms with E-state index in [1.165, 1.54) is 17.8 Å². The summed E-state index contributed by atoms with van der Waals surface area (Å²) >= 11 is 1.35. The van der Waals surface area contributed by atoms with Gasteiger partial charge in [0.1, 0.15) is 6.04 Å². The number of nitro benzene ring substituents is 1. The molecule has 0 aliphatic carbocycles. The molecular weight excluding hydrogens is 256 g/mol. The molecule has 0 fully saturated rings. The van der Waals surface area contributed by atoms with E-state index in [1.807, 2.05) is 0 Å². The molecule has 98 valence electrons. The summed E-state index contributed by atoms with van der Waals surface area (Å²) in [5, 5.41) is 19.4. The summed E-state index contributed by atoms with van der Waals surface area (Å²) in [6.07, 6.45) is 0. The number of nitro groups is 1. The molecule has 0 spiro atoms. The van der Waals surface area contributed by atoms with Crippen LogP contribution in [0.5, 0.6) is 0 Å². The SMILES string of the molecule is Cc1c(CSC[C@H](N)C(=O)O)cccc1[N+](=O)[O-]. The average Bonchev–Trinajstić information content (AvgIpc) is 2.30. The van der Waals surface area contributed by atoms with E-state index in [1.54, 1.807) is 19.1 Å². The van der Waals surface area contributed by atoms with Crippen LogP contribution in [0.15, 0.2) is 18.2 Å². The van der Waals surface area contributed by atoms with Gasteiger partial charge in [-0.15, -0.1) is 0 Å². The van der Waals surface area contributed by atoms with Crippen molar-refractivity contribution in [2.45, 2.75) is 18.7 Å². The molecule has 1 aromatic rings. The van der Waals surface area contributed by atoms with Crippen LogP contribution < -0.4 is 5.73 Å². The molecule has 0 amide bonds. The van der Waals surface area contributed by atoms with E-state index >= 15 is 0 Å². The van der Waals surface area contributed by atoms with E-state index < -0.39 is 16.9 Å². The molecule has 0 aromatic heterocycles. The number of rotatable bonds is 6. The molecule has 0 heterocycles. The Balaban J connectivity index is 2.66. The maximum atomic E-state index is 10.7. The Bertz CT molecular complexity index is 464. The van der Waals surface area contributed by atoms with Gasteiger partial charge in [-0.2, -0.15) is 11.8 Å². The molecule has 0 aliphatic heterocycles. The lowest BCUT2D eigenvalue weighted by Gasteiger charge is -2.08. The van der Waals surface area contributed by atoms with Gasteiger partial charge in [-0.25, -0.2) is 0 Å². The quantitative estimate of drug-likeness (QED) is 0.600. The Labute approximate surface area is 108 Å². The zero-order valence-electron chi connectivity index (χ0n) is 9.83. The van der Waals surface area contributed by atoms with Crippen molar-refractivity contribution in [2.75, 3.05) is 5.75 Å². The molecule has 18 heavy (non-hydrogen) atoms. The average molecular weight is 270 g/mol. The Hall–Kier alpha value is -1.60. The summed E-state index contributed by atoms with van der Waals surface area (Å²) in [5.41, 5.74) is 6.88. The lowest BCUT2D eigenvalue weighted by Crippen LogP contribution is -2.32. The minimum absolute atomic E-state index is 0.0793. The molecule has 0 saturated carbocycles. The number of hydrogen-bond donors (Lipinski definition) is 2. The highest BCUT2D eigenvalue weighted by Gasteiger charge is 2.14. The molecule has 3 N–H and O–H groups in total. The van der Waals surface area contributed by atoms with Gasteiger partial charge in [0.2, 0.25) is 0 Å². The highest BCUT2D eigenvalue weighted by Crippen LogP contribution is 2.24. The fourth-order valence-electron chi connectivity index (χ4n) is 1.39. The van der Waals surface area contributed by atoms with E-state index in [4.69, 9.17) is 10.8 Å². The largest absolute Gasteiger partial charge is 0.480 e. The number of benzene rings is 1. The summed E-state index contributed by atoms with van der Waals surface area (Å²) in [7, 11) is 0. The number of carboxylic acid groups (broad SMARTS) is 1. The zero-order chi connectivity index (χ0) is 13.7. The van der Waals surface area contributed by atoms with E-state index in [9.17, 15) is 14.9 Å². The van der Waals surface area contributed by atoms with Crippen LogP contribution >= 0.6 is 11.8 Å². The second kappa shape index (κ2) is 6.36. The van der Waals surface area contributed by atoms with Crippen molar-refractivity contribution in [3.8, 4) is 0 Å². The minimum Gasteiger partial charge on any atom is -0.480 e. The zero-order valence-corrected chi connectivity index (χ0v) is 10.6. The highest BCUT2D eigenvalue weighted by atomic mass is 32.2. The monoisotopic (exact) mass is 270 g/mol. The van der Waals surface area contributed by atoms with E-state index in [0.717, 1.165) is 5.56 Å². The van der Waals surface area contributed by atoms with Crippen molar-refractivity contribution in [3.63, 3.8) is 0 Å². The maximum absolute atomic E-state index is 10.7. The summed E-state index contributed by atoms with van der Waals surface area (Å²) < 4.78 is 0. The fourth-order valence-corrected chi connectivity index (χ4v) is 2.44. The Morgan fingerprint density at radius 3 is 2.83 bits per heavy atom. The Kier molecular flexibility index (Phi) is 5.11. The predicted molar refractivity (Wildman–Crippen MR) is 69.6 cm³/mol. The smallest absolute Gasteiger partial charge is 0.321 e. The fraction of sp³-hybridized carbons (Fsp3) is 0.364. The molecule has 0 saturated heterocycles. The number of nitrogens with two attached hydrogens (primary N) is 1. The third-order valence-electron chi connectivity index (χ3n) is 2.49. The molecule has 0 radical (unpaired) electrons. The Morgan fingerprint density at radius 2 is 2.28 bits per heavy atom. The van der Waals surface area contributed by atoms with Gasteiger partial charge in [0.15, 0.2) is 0 Å². The van der Waals surface area contributed by atoms with Crippen LogP contribution in [0.4, 0.5) is 5.69 Å². The molecule has 0 bridgehead atoms. The van der Waals surface area contributed by atoms with Gasteiger partial charge in [0, 0.05) is 23.1 Å². The number of hydrogen-bond acceptors (Lipinski definition) is 5. The van der Waals surface area contributed by atoms with Gasteiger partial charge >= 0.3 is 5.97 Å². The first kappa shape index (κ1) is 14.5. The van der Waals surface area contributed by atoms with E-state index in [0.29, 0.717) is 11.3 Å². The maximum Gasteiger partial charge on any atom is 0.321 e. The normalized spacial score (nSPS) is 12.1. The van der Waals surface area contributed by atoms with Gasteiger partial charge in [-0.1, -0.05) is 12.1 Å². The first-order valence-electron chi connectivity index (χ1n) is 5.22. The lowest BCUT2D eigenvalue weighted by atomic mass is 10.1. The van der Waals surface area contributed by atoms with E-state index in [2.05, 4.69) is 0 Å². The van der Waals surface area contributed by atoms with Crippen LogP contribution in [0.2, 0.25) is 0 Å². The van der Waals surface area contributed by atoms with Crippen LogP contribution in [0.3, 0.4) is 0 Å². The molecule has 0 aliphatic rings. The summed E-state index contributed by atoms with van der Waals surface area (Å²) in [4.78, 5) is 20.8. The van der Waals surface area contributed by atoms with Crippen molar-refractivity contribution in [3.05, 3.63) is 39.4 Å². The van der Waals surface area contributed by atoms with E-state index in [-0.39, 0.29) is 11.4 Å². The van der Waals surface area contributed by atoms with Crippen LogP contribution in [-0.2, 0) is 10.5 Å². The molecule has 0 unspecified atom stereocenters. The molecule has 7 heteroatoms. The third-order valence-corrected chi connectivity index (χ3v) is 3.60. The van der Waals surface area contributed by atoms with Gasteiger partial charge < -0.3 is 10.8 Å². The number of carboxylic acids is 1. The van der Waals surface area contributed by atoms with Crippen LogP contribution in [0.25, 0.3) is 0 Å². The molecule has 6 nitrogen and oxygen atoms in total. The van der Waals surface area contributed by atoms with Gasteiger partial charge in [0.25, 0.3) is 5.69 Å². The highest BCUT2D eigenvalue weighted by molar-refractivity contribution is 7.98. The van der Waals surface area contributed by atoms with Crippen molar-refractivity contribution in [2.24, 2.45) is 5.73 Å². The molecular formula is C11H14N2O4S. The number of aliphatic carboxylic acids is 1. The Morgan fingerprint density at radius 1 is 1.61 bits per heavy atom. The topological polar surface area (TPSA) is 106 Å². The second-order valence-corrected chi connectivity index (χ2v) is 4.81. The third kappa shape index (κ3) is 3.71. The van der Waals surface area contributed by atoms with Gasteiger partial charge in [-0.3, -0.25) is 14.9 Å². The molecule has 1 aromatic carbocycles. The second-order valence-electron chi connectivity index (χ2n) is 3.78. The van der Waals surface area contributed by atoms with Crippen molar-refractivity contribution in [1.82, 2.24) is 0 Å². The summed E-state index contributed by atoms with van der Waals surface area (Å²) in [6, 6.07) is 3.96. The van der Waals surface area contributed by atoms with Crippen molar-refractivity contribution in [1.29, 1.82) is 0 Å². The van der Waals surface area contributed by atoms with Crippen LogP contribution in [0, 0.1) is 17.0 Å². The minimum atomic E-state index is -1.04. The van der Waals surface area contributed by atoms with Crippen molar-refractivity contribution >= 4 is 23.4 Å². The molecule has 1 atom stereocenters. The van der Waals surface area contributed by atoms with Gasteiger partial charge in [-0.05, 0) is 12.5 Å². The number of nitrogens with zero attached hydrogens (tertiary/aromatic N) is 1. The lowest BCUT2D eigenvalue weighted by molar-refractivity contribution is -0.385. The predicted octanol–water partition coefficient (Wildman–Crippen LogP) is 1.55. The first-order chi connectivity index (χ1) is 8.43.